The normalized spacial score (nSPS) is 13.4. The third-order valence-corrected chi connectivity index (χ3v) is 11.9. The maximum absolute atomic E-state index is 6.23. The highest BCUT2D eigenvalue weighted by Crippen LogP contribution is 2.42. The van der Waals surface area contributed by atoms with Crippen LogP contribution in [0.5, 0.6) is 0 Å². The van der Waals surface area contributed by atoms with Crippen LogP contribution in [0, 0.1) is 0 Å². The van der Waals surface area contributed by atoms with Gasteiger partial charge in [-0.2, -0.15) is 0 Å². The van der Waals surface area contributed by atoms with Crippen molar-refractivity contribution in [3.63, 3.8) is 0 Å². The van der Waals surface area contributed by atoms with Gasteiger partial charge in [-0.3, -0.25) is 0 Å². The smallest absolute Gasteiger partial charge is 0.136 e. The zero-order valence-electron chi connectivity index (χ0n) is 31.0. The molecule has 56 heavy (non-hydrogen) atoms. The van der Waals surface area contributed by atoms with Crippen molar-refractivity contribution in [1.29, 1.82) is 0 Å². The lowest BCUT2D eigenvalue weighted by molar-refractivity contribution is 0.668. The molecule has 0 atom stereocenters. The number of anilines is 3. The van der Waals surface area contributed by atoms with Crippen LogP contribution in [0.2, 0.25) is 0 Å². The van der Waals surface area contributed by atoms with E-state index in [-0.39, 0.29) is 0 Å². The number of hydrogen-bond acceptors (Lipinski definition) is 3. The van der Waals surface area contributed by atoms with Crippen LogP contribution in [0.1, 0.15) is 37.2 Å². The average Bonchev–Trinajstić information content (AvgIpc) is 4.03. The first-order chi connectivity index (χ1) is 27.7. The molecule has 0 N–H and O–H groups in total. The van der Waals surface area contributed by atoms with Crippen molar-refractivity contribution in [1.82, 2.24) is 0 Å². The first-order valence-electron chi connectivity index (χ1n) is 19.8. The molecule has 8 aromatic carbocycles. The fourth-order valence-electron chi connectivity index (χ4n) is 9.07. The monoisotopic (exact) mass is 721 g/mol. The molecule has 1 aliphatic rings. The predicted octanol–water partition coefficient (Wildman–Crippen LogP) is 15.6. The van der Waals surface area contributed by atoms with Gasteiger partial charge in [-0.25, -0.2) is 0 Å². The summed E-state index contributed by atoms with van der Waals surface area (Å²) in [5.41, 5.74) is 15.5. The number of fused-ring (bicyclic) bond motifs is 6. The lowest BCUT2D eigenvalue weighted by Gasteiger charge is -2.26. The summed E-state index contributed by atoms with van der Waals surface area (Å²) in [7, 11) is 0. The molecule has 0 radical (unpaired) electrons. The van der Waals surface area contributed by atoms with Crippen molar-refractivity contribution in [2.24, 2.45) is 0 Å². The van der Waals surface area contributed by atoms with E-state index in [1.807, 2.05) is 24.3 Å². The highest BCUT2D eigenvalue weighted by molar-refractivity contribution is 6.13. The summed E-state index contributed by atoms with van der Waals surface area (Å²) in [6, 6.07) is 65.4. The Kier molecular flexibility index (Phi) is 7.84. The van der Waals surface area contributed by atoms with E-state index in [1.54, 1.807) is 0 Å². The minimum absolute atomic E-state index is 0.719. The zero-order valence-corrected chi connectivity index (χ0v) is 31.0. The van der Waals surface area contributed by atoms with Crippen LogP contribution in [-0.4, -0.2) is 0 Å². The van der Waals surface area contributed by atoms with Crippen LogP contribution in [0.4, 0.5) is 17.1 Å². The van der Waals surface area contributed by atoms with E-state index < -0.39 is 0 Å². The molecule has 2 aromatic heterocycles. The van der Waals surface area contributed by atoms with Crippen molar-refractivity contribution in [2.45, 2.75) is 31.6 Å². The van der Waals surface area contributed by atoms with E-state index in [9.17, 15) is 0 Å². The fourth-order valence-corrected chi connectivity index (χ4v) is 9.07. The summed E-state index contributed by atoms with van der Waals surface area (Å²) in [6.07, 6.45) is 5.34. The highest BCUT2D eigenvalue weighted by atomic mass is 16.3. The Hall–Kier alpha value is -6.84. The van der Waals surface area contributed by atoms with Crippen molar-refractivity contribution in [2.75, 3.05) is 4.90 Å². The SMILES string of the molecule is c1ccc2c(c1)oc1cccc(-c3ccc(N(c4ccc(-c5ccc(C6CCCC6)cc5)cc4)c4ccc(-c5cccc6oc7ccccc7c56)cc4)cc3)c12. The van der Waals surface area contributed by atoms with Crippen LogP contribution in [0.15, 0.2) is 191 Å². The third-order valence-electron chi connectivity index (χ3n) is 11.9. The van der Waals surface area contributed by atoms with Gasteiger partial charge in [0.1, 0.15) is 22.3 Å². The van der Waals surface area contributed by atoms with Gasteiger partial charge in [0.25, 0.3) is 0 Å². The molecule has 1 aliphatic carbocycles. The Morgan fingerprint density at radius 1 is 0.357 bits per heavy atom. The second-order valence-corrected chi connectivity index (χ2v) is 15.1. The van der Waals surface area contributed by atoms with E-state index >= 15 is 0 Å². The summed E-state index contributed by atoms with van der Waals surface area (Å²) in [5, 5.41) is 4.57. The Labute approximate surface area is 326 Å². The zero-order chi connectivity index (χ0) is 37.0. The molecular weight excluding hydrogens is 683 g/mol. The van der Waals surface area contributed by atoms with Crippen molar-refractivity contribution < 1.29 is 8.83 Å². The van der Waals surface area contributed by atoms with Crippen LogP contribution in [0.3, 0.4) is 0 Å². The molecular formula is C53H39NO2. The highest BCUT2D eigenvalue weighted by Gasteiger charge is 2.19. The standard InChI is InChI=1S/C53H39NO2/c1-2-10-35(9-1)36-19-21-37(22-20-36)38-23-29-41(30-24-38)54(42-31-25-39(26-32-42)44-13-7-17-50-52(44)46-11-3-5-15-48(46)55-50)43-33-27-40(28-34-43)45-14-8-18-51-53(45)47-12-4-6-16-49(47)56-51/h3-8,11-35H,1-2,9-10H2. The fraction of sp³-hybridized carbons (Fsp3) is 0.0943. The van der Waals surface area contributed by atoms with Gasteiger partial charge in [0.05, 0.1) is 0 Å². The second kappa shape index (κ2) is 13.5. The van der Waals surface area contributed by atoms with Crippen LogP contribution < -0.4 is 4.90 Å². The number of hydrogen-bond donors (Lipinski definition) is 0. The average molecular weight is 722 g/mol. The third kappa shape index (κ3) is 5.58. The Bertz CT molecular complexity index is 2840. The number of benzene rings is 8. The first kappa shape index (κ1) is 32.6. The molecule has 0 aliphatic heterocycles. The minimum atomic E-state index is 0.719. The van der Waals surface area contributed by atoms with Gasteiger partial charge in [-0.1, -0.05) is 134 Å². The maximum atomic E-state index is 6.23. The molecule has 3 nitrogen and oxygen atoms in total. The van der Waals surface area contributed by atoms with Gasteiger partial charge in [-0.05, 0) is 118 Å². The van der Waals surface area contributed by atoms with E-state index in [4.69, 9.17) is 8.83 Å². The first-order valence-corrected chi connectivity index (χ1v) is 19.8. The van der Waals surface area contributed by atoms with Gasteiger partial charge < -0.3 is 13.7 Å². The number of nitrogens with zero attached hydrogens (tertiary/aromatic N) is 1. The maximum Gasteiger partial charge on any atom is 0.136 e. The lowest BCUT2D eigenvalue weighted by Crippen LogP contribution is -2.09. The summed E-state index contributed by atoms with van der Waals surface area (Å²) in [5.74, 6) is 0.719. The number of para-hydroxylation sites is 2. The molecule has 11 rings (SSSR count). The number of furan rings is 2. The Balaban J connectivity index is 0.979. The van der Waals surface area contributed by atoms with Crippen LogP contribution in [0.25, 0.3) is 77.3 Å². The molecule has 1 fully saturated rings. The van der Waals surface area contributed by atoms with Gasteiger partial charge in [0, 0.05) is 38.6 Å². The minimum Gasteiger partial charge on any atom is -0.456 e. The molecule has 0 bridgehead atoms. The summed E-state index contributed by atoms with van der Waals surface area (Å²) in [6.45, 7) is 0. The van der Waals surface area contributed by atoms with E-state index in [1.165, 1.54) is 53.5 Å². The molecule has 0 saturated heterocycles. The quantitative estimate of drug-likeness (QED) is 0.164. The summed E-state index contributed by atoms with van der Waals surface area (Å²) >= 11 is 0. The van der Waals surface area contributed by atoms with Crippen LogP contribution >= 0.6 is 0 Å². The molecule has 10 aromatic rings. The van der Waals surface area contributed by atoms with Gasteiger partial charge >= 0.3 is 0 Å². The van der Waals surface area contributed by atoms with E-state index in [0.717, 1.165) is 78.0 Å². The molecule has 0 unspecified atom stereocenters. The predicted molar refractivity (Wildman–Crippen MR) is 233 cm³/mol. The topological polar surface area (TPSA) is 29.5 Å². The molecule has 0 spiro atoms. The van der Waals surface area contributed by atoms with Gasteiger partial charge in [0.2, 0.25) is 0 Å². The van der Waals surface area contributed by atoms with Crippen molar-refractivity contribution in [3.8, 4) is 33.4 Å². The van der Waals surface area contributed by atoms with Crippen LogP contribution in [-0.2, 0) is 0 Å². The van der Waals surface area contributed by atoms with Crippen molar-refractivity contribution in [3.05, 3.63) is 188 Å². The van der Waals surface area contributed by atoms with E-state index in [2.05, 4.69) is 163 Å². The summed E-state index contributed by atoms with van der Waals surface area (Å²) < 4.78 is 12.5. The van der Waals surface area contributed by atoms with Gasteiger partial charge in [0.15, 0.2) is 0 Å². The lowest BCUT2D eigenvalue weighted by atomic mass is 9.95. The molecule has 1 saturated carbocycles. The van der Waals surface area contributed by atoms with Crippen molar-refractivity contribution >= 4 is 60.9 Å². The molecule has 3 heteroatoms. The Morgan fingerprint density at radius 3 is 1.21 bits per heavy atom. The summed E-state index contributed by atoms with van der Waals surface area (Å²) in [4.78, 5) is 2.35. The largest absolute Gasteiger partial charge is 0.456 e. The number of rotatable bonds is 7. The molecule has 2 heterocycles. The molecule has 0 amide bonds. The van der Waals surface area contributed by atoms with E-state index in [0.29, 0.717) is 0 Å². The molecule has 268 valence electrons. The second-order valence-electron chi connectivity index (χ2n) is 15.1. The Morgan fingerprint density at radius 2 is 0.750 bits per heavy atom. The van der Waals surface area contributed by atoms with Gasteiger partial charge in [-0.15, -0.1) is 0 Å².